The van der Waals surface area contributed by atoms with E-state index in [0.717, 1.165) is 22.2 Å². The number of nitrogens with one attached hydrogen (secondary N) is 1. The summed E-state index contributed by atoms with van der Waals surface area (Å²) < 4.78 is 6.42. The van der Waals surface area contributed by atoms with Gasteiger partial charge in [-0.25, -0.2) is 5.43 Å². The zero-order valence-corrected chi connectivity index (χ0v) is 13.7. The molecule has 6 heteroatoms. The Labute approximate surface area is 137 Å². The summed E-state index contributed by atoms with van der Waals surface area (Å²) in [6.07, 6.45) is 5.62. The molecule has 0 aliphatic rings. The zero-order chi connectivity index (χ0) is 15.8. The Kier molecular flexibility index (Phi) is 6.09. The predicted octanol–water partition coefficient (Wildman–Crippen LogP) is 3.40. The molecule has 1 aromatic heterocycles. The highest BCUT2D eigenvalue weighted by Gasteiger charge is 2.03. The van der Waals surface area contributed by atoms with Gasteiger partial charge in [-0.2, -0.15) is 5.10 Å². The first kappa shape index (κ1) is 16.2. The molecule has 1 aromatic carbocycles. The maximum absolute atomic E-state index is 11.8. The molecule has 5 nitrogen and oxygen atoms in total. The first-order valence-electron chi connectivity index (χ1n) is 6.86. The number of amides is 1. The van der Waals surface area contributed by atoms with Crippen LogP contribution in [-0.4, -0.2) is 23.7 Å². The Morgan fingerprint density at radius 1 is 1.45 bits per heavy atom. The minimum atomic E-state index is -0.300. The summed E-state index contributed by atoms with van der Waals surface area (Å²) in [7, 11) is 0. The summed E-state index contributed by atoms with van der Waals surface area (Å²) in [6.45, 7) is 2.73. The van der Waals surface area contributed by atoms with Crippen molar-refractivity contribution in [3.05, 3.63) is 58.3 Å². The topological polar surface area (TPSA) is 63.6 Å². The molecule has 2 aromatic rings. The number of aromatic nitrogens is 1. The third-order valence-electron chi connectivity index (χ3n) is 2.72. The Morgan fingerprint density at radius 2 is 2.32 bits per heavy atom. The SMILES string of the molecule is CCCOc1ccc(/C=N\NC(=O)c2cccnc2)cc1Br. The van der Waals surface area contributed by atoms with Gasteiger partial charge in [0.1, 0.15) is 5.75 Å². The maximum atomic E-state index is 11.8. The largest absolute Gasteiger partial charge is 0.492 e. The quantitative estimate of drug-likeness (QED) is 0.633. The normalized spacial score (nSPS) is 10.6. The van der Waals surface area contributed by atoms with Crippen molar-refractivity contribution in [2.45, 2.75) is 13.3 Å². The number of hydrogen-bond acceptors (Lipinski definition) is 4. The molecule has 1 N–H and O–H groups in total. The summed E-state index contributed by atoms with van der Waals surface area (Å²) >= 11 is 3.45. The van der Waals surface area contributed by atoms with Crippen LogP contribution in [0.15, 0.2) is 52.3 Å². The van der Waals surface area contributed by atoms with Gasteiger partial charge < -0.3 is 4.74 Å². The number of rotatable bonds is 6. The van der Waals surface area contributed by atoms with Crippen molar-refractivity contribution in [1.29, 1.82) is 0 Å². The van der Waals surface area contributed by atoms with E-state index in [0.29, 0.717) is 12.2 Å². The number of carbonyl (C=O) groups excluding carboxylic acids is 1. The van der Waals surface area contributed by atoms with Crippen LogP contribution < -0.4 is 10.2 Å². The Balaban J connectivity index is 1.96. The van der Waals surface area contributed by atoms with E-state index in [4.69, 9.17) is 4.74 Å². The van der Waals surface area contributed by atoms with Gasteiger partial charge in [-0.3, -0.25) is 9.78 Å². The van der Waals surface area contributed by atoms with Crippen LogP contribution in [0.5, 0.6) is 5.75 Å². The monoisotopic (exact) mass is 361 g/mol. The molecule has 1 heterocycles. The second kappa shape index (κ2) is 8.29. The number of nitrogens with zero attached hydrogens (tertiary/aromatic N) is 2. The van der Waals surface area contributed by atoms with Crippen LogP contribution in [-0.2, 0) is 0 Å². The highest BCUT2D eigenvalue weighted by molar-refractivity contribution is 9.10. The lowest BCUT2D eigenvalue weighted by atomic mass is 10.2. The Hall–Kier alpha value is -2.21. The molecule has 0 atom stereocenters. The minimum absolute atomic E-state index is 0.300. The number of halogens is 1. The number of carbonyl (C=O) groups is 1. The van der Waals surface area contributed by atoms with E-state index in [2.05, 4.69) is 38.4 Å². The van der Waals surface area contributed by atoms with Gasteiger partial charge in [0.25, 0.3) is 5.91 Å². The summed E-state index contributed by atoms with van der Waals surface area (Å²) in [5.41, 5.74) is 3.77. The molecular formula is C16H16BrN3O2. The standard InChI is InChI=1S/C16H16BrN3O2/c1-2-8-22-15-6-5-12(9-14(15)17)10-19-20-16(21)13-4-3-7-18-11-13/h3-7,9-11H,2,8H2,1H3,(H,20,21)/b19-10-. The average molecular weight is 362 g/mol. The summed E-state index contributed by atoms with van der Waals surface area (Å²) in [6, 6.07) is 8.99. The Bertz CT molecular complexity index is 660. The van der Waals surface area contributed by atoms with E-state index in [1.165, 1.54) is 6.20 Å². The highest BCUT2D eigenvalue weighted by Crippen LogP contribution is 2.25. The lowest BCUT2D eigenvalue weighted by molar-refractivity contribution is 0.0955. The van der Waals surface area contributed by atoms with E-state index < -0.39 is 0 Å². The lowest BCUT2D eigenvalue weighted by Crippen LogP contribution is -2.17. The molecule has 0 radical (unpaired) electrons. The van der Waals surface area contributed by atoms with Gasteiger partial charge in [0.05, 0.1) is 22.9 Å². The molecule has 0 fully saturated rings. The van der Waals surface area contributed by atoms with Gasteiger partial charge in [-0.1, -0.05) is 6.92 Å². The van der Waals surface area contributed by atoms with E-state index in [9.17, 15) is 4.79 Å². The van der Waals surface area contributed by atoms with E-state index in [1.54, 1.807) is 24.5 Å². The number of hydrazone groups is 1. The Morgan fingerprint density at radius 3 is 3.00 bits per heavy atom. The second-order valence-electron chi connectivity index (χ2n) is 4.48. The third-order valence-corrected chi connectivity index (χ3v) is 3.34. The fraction of sp³-hybridized carbons (Fsp3) is 0.188. The summed E-state index contributed by atoms with van der Waals surface area (Å²) in [5.74, 6) is 0.490. The molecule has 0 unspecified atom stereocenters. The van der Waals surface area contributed by atoms with E-state index in [-0.39, 0.29) is 5.91 Å². The van der Waals surface area contributed by atoms with Crippen LogP contribution in [0, 0.1) is 0 Å². The molecule has 1 amide bonds. The molecule has 0 aliphatic carbocycles. The maximum Gasteiger partial charge on any atom is 0.272 e. The lowest BCUT2D eigenvalue weighted by Gasteiger charge is -2.07. The van der Waals surface area contributed by atoms with Crippen LogP contribution >= 0.6 is 15.9 Å². The average Bonchev–Trinajstić information content (AvgIpc) is 2.55. The van der Waals surface area contributed by atoms with Gasteiger partial charge in [0.2, 0.25) is 0 Å². The third kappa shape index (κ3) is 4.66. The van der Waals surface area contributed by atoms with Gasteiger partial charge in [-0.05, 0) is 58.2 Å². The van der Waals surface area contributed by atoms with Crippen LogP contribution in [0.2, 0.25) is 0 Å². The number of pyridine rings is 1. The smallest absolute Gasteiger partial charge is 0.272 e. The molecule has 0 spiro atoms. The van der Waals surface area contributed by atoms with Crippen molar-refractivity contribution in [1.82, 2.24) is 10.4 Å². The van der Waals surface area contributed by atoms with Gasteiger partial charge in [-0.15, -0.1) is 0 Å². The van der Waals surface area contributed by atoms with Crippen molar-refractivity contribution in [3.63, 3.8) is 0 Å². The number of benzene rings is 1. The summed E-state index contributed by atoms with van der Waals surface area (Å²) in [4.78, 5) is 15.7. The van der Waals surface area contributed by atoms with Crippen LogP contribution in [0.1, 0.15) is 29.3 Å². The van der Waals surface area contributed by atoms with Crippen molar-refractivity contribution in [3.8, 4) is 5.75 Å². The van der Waals surface area contributed by atoms with Crippen molar-refractivity contribution in [2.75, 3.05) is 6.61 Å². The van der Waals surface area contributed by atoms with Gasteiger partial charge in [0, 0.05) is 12.4 Å². The van der Waals surface area contributed by atoms with E-state index >= 15 is 0 Å². The zero-order valence-electron chi connectivity index (χ0n) is 12.1. The molecule has 0 saturated carbocycles. The fourth-order valence-electron chi connectivity index (χ4n) is 1.65. The number of hydrogen-bond donors (Lipinski definition) is 1. The van der Waals surface area contributed by atoms with E-state index in [1.807, 2.05) is 18.2 Å². The molecule has 22 heavy (non-hydrogen) atoms. The van der Waals surface area contributed by atoms with Crippen molar-refractivity contribution in [2.24, 2.45) is 5.10 Å². The molecule has 0 aliphatic heterocycles. The summed E-state index contributed by atoms with van der Waals surface area (Å²) in [5, 5.41) is 3.94. The fourth-order valence-corrected chi connectivity index (χ4v) is 2.16. The van der Waals surface area contributed by atoms with Gasteiger partial charge in [0.15, 0.2) is 0 Å². The molecule has 2 rings (SSSR count). The van der Waals surface area contributed by atoms with Crippen LogP contribution in [0.4, 0.5) is 0 Å². The molecule has 114 valence electrons. The first-order valence-corrected chi connectivity index (χ1v) is 7.65. The van der Waals surface area contributed by atoms with Crippen LogP contribution in [0.25, 0.3) is 0 Å². The number of ether oxygens (including phenoxy) is 1. The van der Waals surface area contributed by atoms with Gasteiger partial charge >= 0.3 is 0 Å². The minimum Gasteiger partial charge on any atom is -0.492 e. The van der Waals surface area contributed by atoms with Crippen molar-refractivity contribution >= 4 is 28.1 Å². The molecule has 0 saturated heterocycles. The molecular weight excluding hydrogens is 346 g/mol. The highest BCUT2D eigenvalue weighted by atomic mass is 79.9. The second-order valence-corrected chi connectivity index (χ2v) is 5.33. The predicted molar refractivity (Wildman–Crippen MR) is 89.2 cm³/mol. The first-order chi connectivity index (χ1) is 10.7. The van der Waals surface area contributed by atoms with Crippen molar-refractivity contribution < 1.29 is 9.53 Å². The molecule has 0 bridgehead atoms. The van der Waals surface area contributed by atoms with Crippen LogP contribution in [0.3, 0.4) is 0 Å².